The van der Waals surface area contributed by atoms with Gasteiger partial charge in [-0.15, -0.1) is 0 Å². The van der Waals surface area contributed by atoms with Crippen LogP contribution in [0.3, 0.4) is 0 Å². The molecule has 0 radical (unpaired) electrons. The number of ether oxygens (including phenoxy) is 1. The van der Waals surface area contributed by atoms with Crippen molar-refractivity contribution in [1.29, 1.82) is 0 Å². The summed E-state index contributed by atoms with van der Waals surface area (Å²) in [6.07, 6.45) is 0. The first kappa shape index (κ1) is 14.6. The zero-order valence-corrected chi connectivity index (χ0v) is 13.6. The first-order valence-electron chi connectivity index (χ1n) is 7.65. The molecule has 3 rings (SSSR count). The smallest absolute Gasteiger partial charge is 0.123 e. The molecular weight excluding hydrogens is 270 g/mol. The van der Waals surface area contributed by atoms with E-state index in [-0.39, 0.29) is 0 Å². The Morgan fingerprint density at radius 2 is 1.73 bits per heavy atom. The van der Waals surface area contributed by atoms with Crippen LogP contribution in [-0.2, 0) is 0 Å². The second-order valence-corrected chi connectivity index (χ2v) is 5.91. The average Bonchev–Trinajstić information content (AvgIpc) is 2.55. The molecular formula is C20H21NO. The molecule has 0 amide bonds. The summed E-state index contributed by atoms with van der Waals surface area (Å²) in [4.78, 5) is 4.92. The van der Waals surface area contributed by atoms with Crippen molar-refractivity contribution < 1.29 is 4.74 Å². The number of pyridine rings is 1. The Kier molecular flexibility index (Phi) is 3.84. The molecule has 112 valence electrons. The normalized spacial score (nSPS) is 11.1. The van der Waals surface area contributed by atoms with E-state index in [0.717, 1.165) is 28.1 Å². The minimum atomic E-state index is 0.445. The fourth-order valence-corrected chi connectivity index (χ4v) is 2.89. The molecule has 0 bridgehead atoms. The van der Waals surface area contributed by atoms with Crippen molar-refractivity contribution in [3.63, 3.8) is 0 Å². The summed E-state index contributed by atoms with van der Waals surface area (Å²) in [7, 11) is 1.71. The third-order valence-corrected chi connectivity index (χ3v) is 4.13. The number of hydrogen-bond acceptors (Lipinski definition) is 2. The molecule has 2 nitrogen and oxygen atoms in total. The fraction of sp³-hybridized carbons (Fsp3) is 0.250. The van der Waals surface area contributed by atoms with Crippen LogP contribution in [0.2, 0.25) is 0 Å². The predicted octanol–water partition coefficient (Wildman–Crippen LogP) is 5.34. The van der Waals surface area contributed by atoms with E-state index in [2.05, 4.69) is 57.2 Å². The highest BCUT2D eigenvalue weighted by molar-refractivity contribution is 5.89. The lowest BCUT2D eigenvalue weighted by molar-refractivity contribution is 0.412. The molecule has 1 aromatic heterocycles. The van der Waals surface area contributed by atoms with Gasteiger partial charge in [0.15, 0.2) is 0 Å². The number of benzene rings is 2. The van der Waals surface area contributed by atoms with Gasteiger partial charge >= 0.3 is 0 Å². The number of fused-ring (bicyclic) bond motifs is 1. The first-order valence-corrected chi connectivity index (χ1v) is 7.65. The molecule has 0 spiro atoms. The van der Waals surface area contributed by atoms with Crippen molar-refractivity contribution in [3.8, 4) is 17.0 Å². The van der Waals surface area contributed by atoms with Crippen molar-refractivity contribution in [2.45, 2.75) is 26.7 Å². The van der Waals surface area contributed by atoms with E-state index in [1.54, 1.807) is 7.11 Å². The van der Waals surface area contributed by atoms with Crippen LogP contribution in [0.25, 0.3) is 22.2 Å². The topological polar surface area (TPSA) is 22.1 Å². The average molecular weight is 291 g/mol. The summed E-state index contributed by atoms with van der Waals surface area (Å²) in [5.41, 5.74) is 5.63. The van der Waals surface area contributed by atoms with Crippen LogP contribution in [0, 0.1) is 6.92 Å². The van der Waals surface area contributed by atoms with Gasteiger partial charge in [0.2, 0.25) is 0 Å². The molecule has 22 heavy (non-hydrogen) atoms. The third kappa shape index (κ3) is 2.45. The molecule has 0 N–H and O–H groups in total. The maximum absolute atomic E-state index is 5.46. The Bertz CT molecular complexity index is 807. The highest BCUT2D eigenvalue weighted by atomic mass is 16.5. The van der Waals surface area contributed by atoms with Crippen LogP contribution in [0.5, 0.6) is 5.75 Å². The van der Waals surface area contributed by atoms with Gasteiger partial charge in [0.05, 0.1) is 18.3 Å². The van der Waals surface area contributed by atoms with Gasteiger partial charge in [-0.1, -0.05) is 44.2 Å². The van der Waals surface area contributed by atoms with E-state index in [4.69, 9.17) is 9.72 Å². The molecule has 2 aromatic carbocycles. The molecule has 0 fully saturated rings. The van der Waals surface area contributed by atoms with E-state index in [1.165, 1.54) is 10.9 Å². The Morgan fingerprint density at radius 3 is 2.36 bits per heavy atom. The quantitative estimate of drug-likeness (QED) is 0.649. The molecule has 0 atom stereocenters. The van der Waals surface area contributed by atoms with Crippen LogP contribution in [0.4, 0.5) is 0 Å². The lowest BCUT2D eigenvalue weighted by Crippen LogP contribution is -1.98. The van der Waals surface area contributed by atoms with Gasteiger partial charge in [-0.05, 0) is 36.6 Å². The Balaban J connectivity index is 2.34. The Hall–Kier alpha value is -2.35. The van der Waals surface area contributed by atoms with Crippen LogP contribution in [0.15, 0.2) is 48.5 Å². The Morgan fingerprint density at radius 1 is 1.00 bits per heavy atom. The number of nitrogens with zero attached hydrogens (tertiary/aromatic N) is 1. The maximum Gasteiger partial charge on any atom is 0.123 e. The summed E-state index contributed by atoms with van der Waals surface area (Å²) in [5, 5.41) is 1.22. The molecule has 3 aromatic rings. The molecule has 0 unspecified atom stereocenters. The number of methoxy groups -OCH3 is 1. The van der Waals surface area contributed by atoms with Gasteiger partial charge in [-0.3, -0.25) is 0 Å². The van der Waals surface area contributed by atoms with Gasteiger partial charge in [-0.2, -0.15) is 0 Å². The highest BCUT2D eigenvalue weighted by Crippen LogP contribution is 2.34. The van der Waals surface area contributed by atoms with E-state index < -0.39 is 0 Å². The van der Waals surface area contributed by atoms with Crippen molar-refractivity contribution in [1.82, 2.24) is 4.98 Å². The number of rotatable bonds is 3. The van der Waals surface area contributed by atoms with Crippen molar-refractivity contribution >= 4 is 10.9 Å². The minimum Gasteiger partial charge on any atom is -0.496 e. The first-order chi connectivity index (χ1) is 10.6. The van der Waals surface area contributed by atoms with Crippen LogP contribution >= 0.6 is 0 Å². The number of hydrogen-bond donors (Lipinski definition) is 0. The summed E-state index contributed by atoms with van der Waals surface area (Å²) in [6, 6.07) is 16.7. The van der Waals surface area contributed by atoms with E-state index in [0.29, 0.717) is 5.92 Å². The molecule has 0 aliphatic rings. The summed E-state index contributed by atoms with van der Waals surface area (Å²) >= 11 is 0. The van der Waals surface area contributed by atoms with Crippen molar-refractivity contribution in [2.24, 2.45) is 0 Å². The van der Waals surface area contributed by atoms with Gasteiger partial charge in [0, 0.05) is 16.5 Å². The van der Waals surface area contributed by atoms with Crippen LogP contribution in [-0.4, -0.2) is 12.1 Å². The monoisotopic (exact) mass is 291 g/mol. The van der Waals surface area contributed by atoms with Crippen LogP contribution in [0.1, 0.15) is 30.9 Å². The van der Waals surface area contributed by atoms with Crippen LogP contribution < -0.4 is 4.74 Å². The zero-order chi connectivity index (χ0) is 15.7. The fourth-order valence-electron chi connectivity index (χ4n) is 2.89. The summed E-state index contributed by atoms with van der Waals surface area (Å²) < 4.78 is 5.46. The van der Waals surface area contributed by atoms with Crippen molar-refractivity contribution in [3.05, 3.63) is 59.7 Å². The molecule has 0 saturated heterocycles. The highest BCUT2D eigenvalue weighted by Gasteiger charge is 2.13. The lowest BCUT2D eigenvalue weighted by Gasteiger charge is -2.15. The van der Waals surface area contributed by atoms with E-state index >= 15 is 0 Å². The molecule has 0 aliphatic carbocycles. The number of aromatic nitrogens is 1. The molecule has 0 aliphatic heterocycles. The zero-order valence-electron chi connectivity index (χ0n) is 13.6. The largest absolute Gasteiger partial charge is 0.496 e. The molecule has 1 heterocycles. The van der Waals surface area contributed by atoms with E-state index in [1.807, 2.05) is 12.1 Å². The van der Waals surface area contributed by atoms with Crippen molar-refractivity contribution in [2.75, 3.05) is 7.11 Å². The second-order valence-electron chi connectivity index (χ2n) is 5.91. The molecule has 2 heteroatoms. The van der Waals surface area contributed by atoms with Gasteiger partial charge < -0.3 is 4.74 Å². The maximum atomic E-state index is 5.46. The van der Waals surface area contributed by atoms with Gasteiger partial charge in [0.25, 0.3) is 0 Å². The number of aryl methyl sites for hydroxylation is 1. The molecule has 0 saturated carbocycles. The minimum absolute atomic E-state index is 0.445. The standard InChI is InChI=1S/C20H21NO/c1-13(2)17-12-18(15-8-6-5-7-9-15)21-20-14(3)19(22-4)11-10-16(17)20/h5-13H,1-4H3. The summed E-state index contributed by atoms with van der Waals surface area (Å²) in [5.74, 6) is 1.33. The van der Waals surface area contributed by atoms with E-state index in [9.17, 15) is 0 Å². The second kappa shape index (κ2) is 5.80. The van der Waals surface area contributed by atoms with Gasteiger partial charge in [-0.25, -0.2) is 4.98 Å². The van der Waals surface area contributed by atoms with Gasteiger partial charge in [0.1, 0.15) is 5.75 Å². The lowest BCUT2D eigenvalue weighted by atomic mass is 9.94. The summed E-state index contributed by atoms with van der Waals surface area (Å²) in [6.45, 7) is 6.53. The SMILES string of the molecule is COc1ccc2c(C(C)C)cc(-c3ccccc3)nc2c1C. The Labute approximate surface area is 131 Å². The third-order valence-electron chi connectivity index (χ3n) is 4.13. The predicted molar refractivity (Wildman–Crippen MR) is 92.6 cm³/mol.